The van der Waals surface area contributed by atoms with Gasteiger partial charge in [-0.25, -0.2) is 14.3 Å². The van der Waals surface area contributed by atoms with Crippen molar-refractivity contribution in [2.75, 3.05) is 7.05 Å². The zero-order chi connectivity index (χ0) is 20.5. The first kappa shape index (κ1) is 20.8. The summed E-state index contributed by atoms with van der Waals surface area (Å²) in [6, 6.07) is 10.0. The predicted octanol–water partition coefficient (Wildman–Crippen LogP) is 1.40. The molecule has 9 heteroatoms. The highest BCUT2D eigenvalue weighted by atomic mass is 16.5. The van der Waals surface area contributed by atoms with E-state index < -0.39 is 24.0 Å². The number of carbonyl (C=O) groups excluding carboxylic acids is 3. The van der Waals surface area contributed by atoms with Gasteiger partial charge in [-0.3, -0.25) is 14.9 Å². The third-order valence-electron chi connectivity index (χ3n) is 3.83. The summed E-state index contributed by atoms with van der Waals surface area (Å²) in [6.07, 6.45) is 0.231. The van der Waals surface area contributed by atoms with Crippen LogP contribution in [0.25, 0.3) is 0 Å². The molecule has 0 bridgehead atoms. The minimum atomic E-state index is -1.36. The van der Waals surface area contributed by atoms with Gasteiger partial charge in [0, 0.05) is 25.2 Å². The van der Waals surface area contributed by atoms with Crippen LogP contribution in [0.2, 0.25) is 0 Å². The largest absolute Gasteiger partial charge is 0.442 e. The van der Waals surface area contributed by atoms with Crippen LogP contribution in [0.1, 0.15) is 41.9 Å². The fourth-order valence-corrected chi connectivity index (χ4v) is 2.33. The zero-order valence-electron chi connectivity index (χ0n) is 15.7. The van der Waals surface area contributed by atoms with Crippen molar-refractivity contribution in [3.8, 4) is 0 Å². The second kappa shape index (κ2) is 10.0. The summed E-state index contributed by atoms with van der Waals surface area (Å²) in [6.45, 7) is 2.34. The van der Waals surface area contributed by atoms with Crippen molar-refractivity contribution in [3.05, 3.63) is 64.1 Å². The maximum absolute atomic E-state index is 12.5. The van der Waals surface area contributed by atoms with Crippen molar-refractivity contribution in [1.29, 1.82) is 0 Å². The smallest absolute Gasteiger partial charge is 0.359 e. The van der Waals surface area contributed by atoms with Crippen molar-refractivity contribution in [2.45, 2.75) is 32.4 Å². The second-order valence-electron chi connectivity index (χ2n) is 5.90. The van der Waals surface area contributed by atoms with Gasteiger partial charge in [0.05, 0.1) is 0 Å². The first-order valence-corrected chi connectivity index (χ1v) is 8.83. The molecule has 1 heterocycles. The molecule has 1 atom stereocenters. The van der Waals surface area contributed by atoms with E-state index in [1.165, 1.54) is 23.9 Å². The van der Waals surface area contributed by atoms with Gasteiger partial charge >= 0.3 is 12.0 Å². The number of amides is 3. The van der Waals surface area contributed by atoms with Crippen LogP contribution in [0.5, 0.6) is 0 Å². The topological polar surface area (TPSA) is 119 Å². The number of aromatic nitrogens is 2. The molecule has 2 aromatic rings. The highest BCUT2D eigenvalue weighted by Crippen LogP contribution is 2.19. The fourth-order valence-electron chi connectivity index (χ4n) is 2.33. The molecule has 1 aromatic heterocycles. The van der Waals surface area contributed by atoms with Crippen molar-refractivity contribution < 1.29 is 19.1 Å². The number of benzene rings is 1. The third kappa shape index (κ3) is 5.50. The quantitative estimate of drug-likeness (QED) is 0.694. The number of unbranched alkanes of at least 4 members (excludes halogenated alkanes) is 1. The molecule has 28 heavy (non-hydrogen) atoms. The van der Waals surface area contributed by atoms with Gasteiger partial charge in [-0.05, 0) is 12.5 Å². The number of hydrogen-bond acceptors (Lipinski definition) is 6. The number of nitrogens with zero attached hydrogens (tertiary/aromatic N) is 2. The predicted molar refractivity (Wildman–Crippen MR) is 101 cm³/mol. The van der Waals surface area contributed by atoms with Crippen LogP contribution < -0.4 is 16.2 Å². The Bertz CT molecular complexity index is 895. The van der Waals surface area contributed by atoms with E-state index in [1.54, 1.807) is 30.3 Å². The molecule has 0 saturated heterocycles. The first-order chi connectivity index (χ1) is 13.5. The Balaban J connectivity index is 2.26. The number of nitrogens with one attached hydrogen (secondary N) is 2. The standard InChI is InChI=1S/C19H22N4O5/c1-3-4-12-23-15(24)11-10-14(22-23)18(26)28-16(13-8-6-5-7-9-13)17(25)21-19(27)20-2/h5-11,16H,3-4,12H2,1-2H3,(H2,20,21,25,27)/t16-/m1/s1. The van der Waals surface area contributed by atoms with Gasteiger partial charge in [-0.1, -0.05) is 43.7 Å². The Morgan fingerprint density at radius 2 is 1.86 bits per heavy atom. The van der Waals surface area contributed by atoms with Gasteiger partial charge in [0.1, 0.15) is 0 Å². The molecular weight excluding hydrogens is 364 g/mol. The lowest BCUT2D eigenvalue weighted by molar-refractivity contribution is -0.129. The fraction of sp³-hybridized carbons (Fsp3) is 0.316. The Hall–Kier alpha value is -3.49. The molecule has 2 N–H and O–H groups in total. The number of esters is 1. The Morgan fingerprint density at radius 3 is 2.50 bits per heavy atom. The molecule has 3 amide bonds. The first-order valence-electron chi connectivity index (χ1n) is 8.83. The highest BCUT2D eigenvalue weighted by Gasteiger charge is 2.27. The van der Waals surface area contributed by atoms with Crippen LogP contribution >= 0.6 is 0 Å². The molecule has 0 unspecified atom stereocenters. The summed E-state index contributed by atoms with van der Waals surface area (Å²) in [7, 11) is 1.36. The van der Waals surface area contributed by atoms with Gasteiger partial charge < -0.3 is 10.1 Å². The summed E-state index contributed by atoms with van der Waals surface area (Å²) in [4.78, 5) is 48.3. The minimum Gasteiger partial charge on any atom is -0.442 e. The lowest BCUT2D eigenvalue weighted by atomic mass is 10.1. The van der Waals surface area contributed by atoms with Crippen molar-refractivity contribution in [3.63, 3.8) is 0 Å². The van der Waals surface area contributed by atoms with Crippen LogP contribution in [0.4, 0.5) is 4.79 Å². The van der Waals surface area contributed by atoms with Gasteiger partial charge in [-0.2, -0.15) is 5.10 Å². The van der Waals surface area contributed by atoms with Crippen molar-refractivity contribution >= 4 is 17.9 Å². The SMILES string of the molecule is CCCCn1nc(C(=O)O[C@@H](C(=O)NC(=O)NC)c2ccccc2)ccc1=O. The number of imide groups is 1. The van der Waals surface area contributed by atoms with Crippen molar-refractivity contribution in [1.82, 2.24) is 20.4 Å². The molecule has 2 rings (SSSR count). The summed E-state index contributed by atoms with van der Waals surface area (Å²) < 4.78 is 6.50. The molecule has 0 saturated carbocycles. The summed E-state index contributed by atoms with van der Waals surface area (Å²) in [5, 5.41) is 8.36. The number of hydrogen-bond donors (Lipinski definition) is 2. The molecule has 0 aliphatic carbocycles. The minimum absolute atomic E-state index is 0.107. The van der Waals surface area contributed by atoms with Crippen LogP contribution in [0.15, 0.2) is 47.3 Å². The summed E-state index contributed by atoms with van der Waals surface area (Å²) in [5.41, 5.74) is -0.0529. The van der Waals surface area contributed by atoms with Gasteiger partial charge in [0.25, 0.3) is 11.5 Å². The monoisotopic (exact) mass is 386 g/mol. The average Bonchev–Trinajstić information content (AvgIpc) is 2.71. The molecule has 0 spiro atoms. The second-order valence-corrected chi connectivity index (χ2v) is 5.90. The van der Waals surface area contributed by atoms with Gasteiger partial charge in [-0.15, -0.1) is 0 Å². The van der Waals surface area contributed by atoms with Crippen LogP contribution in [0.3, 0.4) is 0 Å². The number of rotatable bonds is 7. The molecule has 0 radical (unpaired) electrons. The number of ether oxygens (including phenoxy) is 1. The summed E-state index contributed by atoms with van der Waals surface area (Å²) in [5.74, 6) is -1.69. The van der Waals surface area contributed by atoms with Gasteiger partial charge in [0.2, 0.25) is 6.10 Å². The maximum atomic E-state index is 12.5. The van der Waals surface area contributed by atoms with E-state index in [-0.39, 0.29) is 11.3 Å². The Labute approximate surface area is 161 Å². The van der Waals surface area contributed by atoms with Crippen LogP contribution in [-0.4, -0.2) is 34.7 Å². The molecular formula is C19H22N4O5. The molecule has 0 fully saturated rings. The van der Waals surface area contributed by atoms with E-state index in [1.807, 2.05) is 6.92 Å². The van der Waals surface area contributed by atoms with E-state index in [9.17, 15) is 19.2 Å². The molecule has 0 aliphatic rings. The number of aryl methyl sites for hydroxylation is 1. The Morgan fingerprint density at radius 1 is 1.14 bits per heavy atom. The lowest BCUT2D eigenvalue weighted by Crippen LogP contribution is -2.41. The molecule has 9 nitrogen and oxygen atoms in total. The lowest BCUT2D eigenvalue weighted by Gasteiger charge is -2.17. The highest BCUT2D eigenvalue weighted by molar-refractivity contribution is 5.98. The average molecular weight is 386 g/mol. The van der Waals surface area contributed by atoms with E-state index in [4.69, 9.17) is 4.74 Å². The van der Waals surface area contributed by atoms with E-state index >= 15 is 0 Å². The zero-order valence-corrected chi connectivity index (χ0v) is 15.7. The summed E-state index contributed by atoms with van der Waals surface area (Å²) >= 11 is 0. The van der Waals surface area contributed by atoms with E-state index in [0.29, 0.717) is 12.1 Å². The van der Waals surface area contributed by atoms with Crippen LogP contribution in [-0.2, 0) is 16.1 Å². The molecule has 1 aromatic carbocycles. The normalized spacial score (nSPS) is 11.4. The molecule has 0 aliphatic heterocycles. The van der Waals surface area contributed by atoms with Crippen molar-refractivity contribution in [2.24, 2.45) is 0 Å². The Kier molecular flexibility index (Phi) is 7.44. The number of urea groups is 1. The number of carbonyl (C=O) groups is 3. The third-order valence-corrected chi connectivity index (χ3v) is 3.83. The maximum Gasteiger partial charge on any atom is 0.359 e. The molecule has 148 valence electrons. The van der Waals surface area contributed by atoms with E-state index in [0.717, 1.165) is 12.8 Å². The van der Waals surface area contributed by atoms with E-state index in [2.05, 4.69) is 15.7 Å². The van der Waals surface area contributed by atoms with Crippen LogP contribution in [0, 0.1) is 0 Å². The van der Waals surface area contributed by atoms with Gasteiger partial charge in [0.15, 0.2) is 5.69 Å².